The average Bonchev–Trinajstić information content (AvgIpc) is 2.52. The van der Waals surface area contributed by atoms with Crippen molar-refractivity contribution in [3.63, 3.8) is 0 Å². The lowest BCUT2D eigenvalue weighted by Gasteiger charge is -2.24. The van der Waals surface area contributed by atoms with Gasteiger partial charge < -0.3 is 5.32 Å². The Hall–Kier alpha value is -1.26. The second kappa shape index (κ2) is 6.67. The fraction of sp³-hybridized carbons (Fsp3) is 0.412. The Bertz CT molecular complexity index is 627. The highest BCUT2D eigenvalue weighted by Crippen LogP contribution is 2.26. The fourth-order valence-corrected chi connectivity index (χ4v) is 3.27. The molecule has 21 heavy (non-hydrogen) atoms. The third-order valence-corrected chi connectivity index (χ3v) is 4.51. The van der Waals surface area contributed by atoms with Crippen LogP contribution in [0.15, 0.2) is 34.9 Å². The zero-order valence-electron chi connectivity index (χ0n) is 12.3. The Morgan fingerprint density at radius 1 is 1.38 bits per heavy atom. The van der Waals surface area contributed by atoms with Crippen LogP contribution >= 0.6 is 15.9 Å². The lowest BCUT2D eigenvalue weighted by Crippen LogP contribution is -2.27. The Morgan fingerprint density at radius 2 is 2.29 bits per heavy atom. The topological polar surface area (TPSA) is 37.8 Å². The molecule has 3 rings (SSSR count). The van der Waals surface area contributed by atoms with Crippen molar-refractivity contribution in [3.05, 3.63) is 46.2 Å². The largest absolute Gasteiger partial charge is 0.317 e. The van der Waals surface area contributed by atoms with E-state index < -0.39 is 0 Å². The molecule has 1 aromatic heterocycles. The van der Waals surface area contributed by atoms with E-state index in [1.807, 2.05) is 18.3 Å². The Balaban J connectivity index is 1.80. The molecular weight excluding hydrogens is 326 g/mol. The van der Waals surface area contributed by atoms with Crippen molar-refractivity contribution < 1.29 is 0 Å². The highest BCUT2D eigenvalue weighted by atomic mass is 79.9. The van der Waals surface area contributed by atoms with Crippen LogP contribution in [-0.2, 0) is 12.8 Å². The molecule has 1 unspecified atom stereocenters. The summed E-state index contributed by atoms with van der Waals surface area (Å²) in [4.78, 5) is 9.35. The number of fused-ring (bicyclic) bond motifs is 1. The minimum Gasteiger partial charge on any atom is -0.317 e. The summed E-state index contributed by atoms with van der Waals surface area (Å²) < 4.78 is 1.06. The second-order valence-electron chi connectivity index (χ2n) is 5.59. The quantitative estimate of drug-likeness (QED) is 0.919. The molecule has 0 amide bonds. The monoisotopic (exact) mass is 345 g/mol. The molecule has 1 N–H and O–H groups in total. The number of hydrogen-bond donors (Lipinski definition) is 1. The van der Waals surface area contributed by atoms with E-state index in [-0.39, 0.29) is 0 Å². The van der Waals surface area contributed by atoms with Crippen molar-refractivity contribution in [2.24, 2.45) is 5.92 Å². The standard InChI is InChI=1S/C17H20BrN3/c1-2-19-10-12-6-7-16-14(8-12)11-20-17(21-16)13-4-3-5-15(18)9-13/h3-5,9,11-12,19H,2,6-8,10H2,1H3. The molecule has 0 radical (unpaired) electrons. The van der Waals surface area contributed by atoms with Gasteiger partial charge in [-0.05, 0) is 56.0 Å². The van der Waals surface area contributed by atoms with Crippen molar-refractivity contribution in [2.45, 2.75) is 26.2 Å². The van der Waals surface area contributed by atoms with Gasteiger partial charge in [0.15, 0.2) is 5.82 Å². The average molecular weight is 346 g/mol. The summed E-state index contributed by atoms with van der Waals surface area (Å²) in [5, 5.41) is 3.45. The van der Waals surface area contributed by atoms with Crippen molar-refractivity contribution in [2.75, 3.05) is 13.1 Å². The van der Waals surface area contributed by atoms with Crippen LogP contribution in [0.2, 0.25) is 0 Å². The zero-order valence-corrected chi connectivity index (χ0v) is 13.9. The Kier molecular flexibility index (Phi) is 4.66. The summed E-state index contributed by atoms with van der Waals surface area (Å²) in [5.74, 6) is 1.55. The van der Waals surface area contributed by atoms with Gasteiger partial charge in [0, 0.05) is 21.9 Å². The van der Waals surface area contributed by atoms with E-state index in [1.54, 1.807) is 0 Å². The van der Waals surface area contributed by atoms with Crippen LogP contribution in [0.3, 0.4) is 0 Å². The first-order valence-corrected chi connectivity index (χ1v) is 8.37. The predicted octanol–water partition coefficient (Wildman–Crippen LogP) is 3.62. The molecule has 0 bridgehead atoms. The Labute approximate surface area is 134 Å². The summed E-state index contributed by atoms with van der Waals surface area (Å²) in [6, 6.07) is 8.17. The number of halogens is 1. The van der Waals surface area contributed by atoms with Crippen LogP contribution < -0.4 is 5.32 Å². The summed E-state index contributed by atoms with van der Waals surface area (Å²) in [6.45, 7) is 4.30. The number of hydrogen-bond acceptors (Lipinski definition) is 3. The number of aryl methyl sites for hydroxylation is 1. The van der Waals surface area contributed by atoms with Crippen LogP contribution in [0, 0.1) is 5.92 Å². The lowest BCUT2D eigenvalue weighted by atomic mass is 9.87. The first-order chi connectivity index (χ1) is 10.3. The second-order valence-corrected chi connectivity index (χ2v) is 6.51. The molecule has 0 aliphatic heterocycles. The summed E-state index contributed by atoms with van der Waals surface area (Å²) in [5.41, 5.74) is 3.62. The van der Waals surface area contributed by atoms with E-state index in [4.69, 9.17) is 4.98 Å². The molecule has 1 heterocycles. The van der Waals surface area contributed by atoms with Crippen molar-refractivity contribution in [1.29, 1.82) is 0 Å². The van der Waals surface area contributed by atoms with Gasteiger partial charge in [-0.1, -0.05) is 35.0 Å². The maximum atomic E-state index is 4.79. The van der Waals surface area contributed by atoms with E-state index in [0.29, 0.717) is 0 Å². The van der Waals surface area contributed by atoms with Crippen LogP contribution in [0.4, 0.5) is 0 Å². The summed E-state index contributed by atoms with van der Waals surface area (Å²) >= 11 is 3.50. The molecule has 110 valence electrons. The third kappa shape index (κ3) is 3.50. The van der Waals surface area contributed by atoms with Gasteiger partial charge in [-0.25, -0.2) is 9.97 Å². The van der Waals surface area contributed by atoms with Gasteiger partial charge in [-0.2, -0.15) is 0 Å². The highest BCUT2D eigenvalue weighted by molar-refractivity contribution is 9.10. The smallest absolute Gasteiger partial charge is 0.159 e. The number of aromatic nitrogens is 2. The van der Waals surface area contributed by atoms with Gasteiger partial charge in [-0.15, -0.1) is 0 Å². The summed E-state index contributed by atoms with van der Waals surface area (Å²) in [7, 11) is 0. The van der Waals surface area contributed by atoms with Crippen LogP contribution in [0.1, 0.15) is 24.6 Å². The first-order valence-electron chi connectivity index (χ1n) is 7.57. The molecule has 3 nitrogen and oxygen atoms in total. The minimum atomic E-state index is 0.720. The summed E-state index contributed by atoms with van der Waals surface area (Å²) in [6.07, 6.45) is 5.40. The maximum Gasteiger partial charge on any atom is 0.159 e. The molecule has 1 aliphatic carbocycles. The molecule has 4 heteroatoms. The number of benzene rings is 1. The number of rotatable bonds is 4. The van der Waals surface area contributed by atoms with E-state index in [2.05, 4.69) is 45.3 Å². The van der Waals surface area contributed by atoms with Crippen molar-refractivity contribution in [3.8, 4) is 11.4 Å². The third-order valence-electron chi connectivity index (χ3n) is 4.02. The zero-order chi connectivity index (χ0) is 14.7. The fourth-order valence-electron chi connectivity index (χ4n) is 2.87. The molecular formula is C17H20BrN3. The Morgan fingerprint density at radius 3 is 3.10 bits per heavy atom. The maximum absolute atomic E-state index is 4.79. The molecule has 0 saturated heterocycles. The van der Waals surface area contributed by atoms with Crippen LogP contribution in [0.25, 0.3) is 11.4 Å². The van der Waals surface area contributed by atoms with Gasteiger partial charge >= 0.3 is 0 Å². The minimum absolute atomic E-state index is 0.720. The van der Waals surface area contributed by atoms with Crippen LogP contribution in [-0.4, -0.2) is 23.1 Å². The molecule has 0 saturated carbocycles. The van der Waals surface area contributed by atoms with Gasteiger partial charge in [0.25, 0.3) is 0 Å². The van der Waals surface area contributed by atoms with E-state index in [9.17, 15) is 0 Å². The van der Waals surface area contributed by atoms with Crippen molar-refractivity contribution >= 4 is 15.9 Å². The van der Waals surface area contributed by atoms with Gasteiger partial charge in [0.05, 0.1) is 0 Å². The normalized spacial score (nSPS) is 17.5. The molecule has 0 spiro atoms. The van der Waals surface area contributed by atoms with Crippen molar-refractivity contribution in [1.82, 2.24) is 15.3 Å². The number of nitrogens with one attached hydrogen (secondary N) is 1. The molecule has 1 aromatic carbocycles. The molecule has 1 aliphatic rings. The molecule has 2 aromatic rings. The SMILES string of the molecule is CCNCC1CCc2nc(-c3cccc(Br)c3)ncc2C1. The molecule has 1 atom stereocenters. The molecule has 0 fully saturated rings. The van der Waals surface area contributed by atoms with Gasteiger partial charge in [0.2, 0.25) is 0 Å². The first kappa shape index (κ1) is 14.7. The van der Waals surface area contributed by atoms with Gasteiger partial charge in [-0.3, -0.25) is 0 Å². The van der Waals surface area contributed by atoms with E-state index in [0.717, 1.165) is 47.7 Å². The van der Waals surface area contributed by atoms with E-state index >= 15 is 0 Å². The highest BCUT2D eigenvalue weighted by Gasteiger charge is 2.20. The number of nitrogens with zero attached hydrogens (tertiary/aromatic N) is 2. The lowest BCUT2D eigenvalue weighted by molar-refractivity contribution is 0.425. The predicted molar refractivity (Wildman–Crippen MR) is 89.2 cm³/mol. The van der Waals surface area contributed by atoms with E-state index in [1.165, 1.54) is 17.7 Å². The van der Waals surface area contributed by atoms with Crippen LogP contribution in [0.5, 0.6) is 0 Å². The van der Waals surface area contributed by atoms with Gasteiger partial charge in [0.1, 0.15) is 0 Å².